The highest BCUT2D eigenvalue weighted by molar-refractivity contribution is 5.72. The highest BCUT2D eigenvalue weighted by Crippen LogP contribution is 2.37. The first-order chi connectivity index (χ1) is 13.3. The zero-order valence-corrected chi connectivity index (χ0v) is 16.8. The van der Waals surface area contributed by atoms with Gasteiger partial charge in [0.2, 0.25) is 0 Å². The fourth-order valence-electron chi connectivity index (χ4n) is 4.13. The second-order valence-electron chi connectivity index (χ2n) is 8.46. The highest BCUT2D eigenvalue weighted by Gasteiger charge is 2.51. The highest BCUT2D eigenvalue weighted by atomic mass is 16.6. The number of aliphatic hydroxyl groups excluding tert-OH is 1. The summed E-state index contributed by atoms with van der Waals surface area (Å²) in [4.78, 5) is 28.9. The number of amides is 2. The van der Waals surface area contributed by atoms with E-state index in [2.05, 4.69) is 0 Å². The van der Waals surface area contributed by atoms with Gasteiger partial charge in [-0.1, -0.05) is 30.3 Å². The Morgan fingerprint density at radius 1 is 1.14 bits per heavy atom. The van der Waals surface area contributed by atoms with Crippen LogP contribution in [0, 0.1) is 0 Å². The Balaban J connectivity index is 1.70. The lowest BCUT2D eigenvalue weighted by atomic mass is 10.0. The van der Waals surface area contributed by atoms with Gasteiger partial charge in [0.15, 0.2) is 0 Å². The van der Waals surface area contributed by atoms with Gasteiger partial charge in [-0.15, -0.1) is 0 Å². The smallest absolute Gasteiger partial charge is 0.410 e. The number of rotatable bonds is 4. The molecule has 7 nitrogen and oxygen atoms in total. The molecule has 0 aliphatic carbocycles. The van der Waals surface area contributed by atoms with Gasteiger partial charge >= 0.3 is 12.2 Å². The third-order valence-electron chi connectivity index (χ3n) is 5.27. The van der Waals surface area contributed by atoms with Crippen LogP contribution in [-0.4, -0.2) is 64.0 Å². The Bertz CT molecular complexity index is 688. The van der Waals surface area contributed by atoms with E-state index in [0.717, 1.165) is 18.4 Å². The minimum atomic E-state index is -0.575. The second-order valence-corrected chi connectivity index (χ2v) is 8.46. The van der Waals surface area contributed by atoms with Crippen molar-refractivity contribution in [2.24, 2.45) is 0 Å². The number of aliphatic hydroxyl groups is 1. The molecule has 154 valence electrons. The molecule has 3 atom stereocenters. The van der Waals surface area contributed by atoms with Crippen LogP contribution in [0.4, 0.5) is 9.59 Å². The average Bonchev–Trinajstić information content (AvgIpc) is 2.97. The van der Waals surface area contributed by atoms with E-state index in [4.69, 9.17) is 9.47 Å². The molecule has 3 rings (SSSR count). The van der Waals surface area contributed by atoms with Gasteiger partial charge in [-0.25, -0.2) is 9.59 Å². The van der Waals surface area contributed by atoms with Gasteiger partial charge in [0.1, 0.15) is 12.2 Å². The molecule has 2 saturated heterocycles. The Morgan fingerprint density at radius 2 is 1.86 bits per heavy atom. The van der Waals surface area contributed by atoms with Crippen molar-refractivity contribution in [3.05, 3.63) is 35.9 Å². The van der Waals surface area contributed by atoms with Gasteiger partial charge < -0.3 is 19.5 Å². The fraction of sp³-hybridized carbons (Fsp3) is 0.619. The Labute approximate surface area is 166 Å². The average molecular weight is 390 g/mol. The standard InChI is InChI=1S/C21H30N2O5/c1-21(2,3)28-20(26)23-16-9-10-18(23)17(11-12-24)22(13-16)19(25)27-14-15-7-5-4-6-8-15/h4-8,16-18,24H,9-14H2,1-3H3/t16-,17+,18+/m0/s1. The van der Waals surface area contributed by atoms with Crippen LogP contribution in [0.1, 0.15) is 45.6 Å². The summed E-state index contributed by atoms with van der Waals surface area (Å²) in [5.41, 5.74) is 0.347. The number of piperazine rings is 1. The number of carbonyl (C=O) groups excluding carboxylic acids is 2. The summed E-state index contributed by atoms with van der Waals surface area (Å²) in [5, 5.41) is 9.55. The van der Waals surface area contributed by atoms with E-state index in [1.165, 1.54) is 0 Å². The van der Waals surface area contributed by atoms with Crippen LogP contribution in [0.15, 0.2) is 30.3 Å². The van der Waals surface area contributed by atoms with Crippen LogP contribution in [0.2, 0.25) is 0 Å². The van der Waals surface area contributed by atoms with Crippen molar-refractivity contribution in [1.82, 2.24) is 9.80 Å². The van der Waals surface area contributed by atoms with Crippen LogP contribution in [0.5, 0.6) is 0 Å². The number of nitrogens with zero attached hydrogens (tertiary/aromatic N) is 2. The maximum atomic E-state index is 12.8. The molecule has 2 bridgehead atoms. The molecular formula is C21H30N2O5. The van der Waals surface area contributed by atoms with Gasteiger partial charge in [-0.2, -0.15) is 0 Å². The Hall–Kier alpha value is -2.28. The first-order valence-corrected chi connectivity index (χ1v) is 9.89. The van der Waals surface area contributed by atoms with E-state index < -0.39 is 11.7 Å². The summed E-state index contributed by atoms with van der Waals surface area (Å²) in [5.74, 6) is 0. The molecule has 2 fully saturated rings. The largest absolute Gasteiger partial charge is 0.445 e. The molecule has 0 radical (unpaired) electrons. The van der Waals surface area contributed by atoms with Crippen molar-refractivity contribution in [3.8, 4) is 0 Å². The van der Waals surface area contributed by atoms with Gasteiger partial charge in [-0.05, 0) is 45.6 Å². The van der Waals surface area contributed by atoms with Crippen LogP contribution in [0.3, 0.4) is 0 Å². The second kappa shape index (κ2) is 8.39. The summed E-state index contributed by atoms with van der Waals surface area (Å²) in [6.07, 6.45) is 1.26. The van der Waals surface area contributed by atoms with Crippen molar-refractivity contribution >= 4 is 12.2 Å². The molecule has 0 unspecified atom stereocenters. The van der Waals surface area contributed by atoms with Gasteiger partial charge in [0.25, 0.3) is 0 Å². The lowest BCUT2D eigenvalue weighted by Crippen LogP contribution is -2.63. The lowest BCUT2D eigenvalue weighted by molar-refractivity contribution is -0.0267. The third kappa shape index (κ3) is 4.58. The molecular weight excluding hydrogens is 360 g/mol. The molecule has 2 amide bonds. The van der Waals surface area contributed by atoms with E-state index in [-0.39, 0.29) is 37.4 Å². The van der Waals surface area contributed by atoms with E-state index in [1.54, 1.807) is 9.80 Å². The lowest BCUT2D eigenvalue weighted by Gasteiger charge is -2.46. The third-order valence-corrected chi connectivity index (χ3v) is 5.27. The minimum absolute atomic E-state index is 0.0591. The molecule has 0 saturated carbocycles. The van der Waals surface area contributed by atoms with Gasteiger partial charge in [-0.3, -0.25) is 4.90 Å². The minimum Gasteiger partial charge on any atom is -0.445 e. The van der Waals surface area contributed by atoms with E-state index in [1.807, 2.05) is 51.1 Å². The van der Waals surface area contributed by atoms with Gasteiger partial charge in [0.05, 0.1) is 18.1 Å². The molecule has 7 heteroatoms. The van der Waals surface area contributed by atoms with Gasteiger partial charge in [0, 0.05) is 13.2 Å². The molecule has 2 heterocycles. The molecule has 0 spiro atoms. The van der Waals surface area contributed by atoms with Crippen LogP contribution in [-0.2, 0) is 16.1 Å². The number of hydrogen-bond donors (Lipinski definition) is 1. The number of fused-ring (bicyclic) bond motifs is 2. The first-order valence-electron chi connectivity index (χ1n) is 9.89. The Morgan fingerprint density at radius 3 is 2.50 bits per heavy atom. The molecule has 1 N–H and O–H groups in total. The summed E-state index contributed by atoms with van der Waals surface area (Å²) in [7, 11) is 0. The van der Waals surface area contributed by atoms with Crippen molar-refractivity contribution in [2.75, 3.05) is 13.2 Å². The predicted octanol–water partition coefficient (Wildman–Crippen LogP) is 3.16. The van der Waals surface area contributed by atoms with Crippen LogP contribution in [0.25, 0.3) is 0 Å². The molecule has 1 aromatic rings. The molecule has 0 aromatic heterocycles. The number of hydrogen-bond acceptors (Lipinski definition) is 5. The summed E-state index contributed by atoms with van der Waals surface area (Å²) in [6, 6.07) is 9.00. The maximum Gasteiger partial charge on any atom is 0.410 e. The predicted molar refractivity (Wildman–Crippen MR) is 104 cm³/mol. The maximum absolute atomic E-state index is 12.8. The number of likely N-dealkylation sites (tertiary alicyclic amines) is 1. The van der Waals surface area contributed by atoms with Crippen molar-refractivity contribution in [1.29, 1.82) is 0 Å². The summed E-state index contributed by atoms with van der Waals surface area (Å²) in [6.45, 7) is 6.07. The molecule has 28 heavy (non-hydrogen) atoms. The number of benzene rings is 1. The monoisotopic (exact) mass is 390 g/mol. The summed E-state index contributed by atoms with van der Waals surface area (Å²) >= 11 is 0. The first kappa shape index (κ1) is 20.5. The molecule has 1 aromatic carbocycles. The fourth-order valence-corrected chi connectivity index (χ4v) is 4.13. The zero-order chi connectivity index (χ0) is 20.3. The summed E-state index contributed by atoms with van der Waals surface area (Å²) < 4.78 is 11.1. The number of carbonyl (C=O) groups is 2. The van der Waals surface area contributed by atoms with E-state index in [9.17, 15) is 14.7 Å². The van der Waals surface area contributed by atoms with Crippen molar-refractivity contribution in [3.63, 3.8) is 0 Å². The van der Waals surface area contributed by atoms with Crippen LogP contribution >= 0.6 is 0 Å². The number of ether oxygens (including phenoxy) is 2. The molecule has 2 aliphatic heterocycles. The van der Waals surface area contributed by atoms with Crippen LogP contribution < -0.4 is 0 Å². The molecule has 2 aliphatic rings. The Kier molecular flexibility index (Phi) is 6.13. The normalized spacial score (nSPS) is 24.2. The van der Waals surface area contributed by atoms with E-state index >= 15 is 0 Å². The van der Waals surface area contributed by atoms with E-state index in [0.29, 0.717) is 13.0 Å². The van der Waals surface area contributed by atoms with Crippen molar-refractivity contribution < 1.29 is 24.2 Å². The van der Waals surface area contributed by atoms with Crippen molar-refractivity contribution in [2.45, 2.75) is 70.4 Å². The SMILES string of the molecule is CC(C)(C)OC(=O)N1[C@H]2CC[C@@H]1[C@@H](CCO)N(C(=O)OCc1ccccc1)C2. The topological polar surface area (TPSA) is 79.3 Å². The zero-order valence-electron chi connectivity index (χ0n) is 16.8. The quantitative estimate of drug-likeness (QED) is 0.854.